The molecule has 2 aromatic carbocycles. The van der Waals surface area contributed by atoms with E-state index in [0.717, 1.165) is 25.0 Å². The first-order valence-electron chi connectivity index (χ1n) is 11.7. The summed E-state index contributed by atoms with van der Waals surface area (Å²) >= 11 is 1.50. The number of benzene rings is 2. The number of fused-ring (bicyclic) bond motifs is 3. The van der Waals surface area contributed by atoms with Crippen LogP contribution in [-0.2, 0) is 9.53 Å². The van der Waals surface area contributed by atoms with Crippen molar-refractivity contribution in [1.82, 2.24) is 10.1 Å². The number of para-hydroxylation sites is 1. The number of methoxy groups -OCH3 is 1. The van der Waals surface area contributed by atoms with Gasteiger partial charge in [0, 0.05) is 23.3 Å². The number of amides is 1. The normalized spacial score (nSPS) is 14.3. The van der Waals surface area contributed by atoms with Gasteiger partial charge in [0.2, 0.25) is 11.1 Å². The summed E-state index contributed by atoms with van der Waals surface area (Å²) in [7, 11) is 1.33. The Morgan fingerprint density at radius 3 is 2.54 bits per heavy atom. The number of rotatable bonds is 8. The van der Waals surface area contributed by atoms with Gasteiger partial charge in [0.1, 0.15) is 0 Å². The highest BCUT2D eigenvalue weighted by atomic mass is 32.2. The molecule has 8 nitrogen and oxygen atoms in total. The summed E-state index contributed by atoms with van der Waals surface area (Å²) in [6, 6.07) is 14.1. The molecule has 0 spiro atoms. The number of thioether (sulfide) groups is 1. The van der Waals surface area contributed by atoms with E-state index in [-0.39, 0.29) is 11.5 Å². The van der Waals surface area contributed by atoms with Crippen molar-refractivity contribution in [3.63, 3.8) is 0 Å². The monoisotopic (exact) mass is 493 g/mol. The number of aromatic nitrogens is 3. The van der Waals surface area contributed by atoms with Crippen LogP contribution in [0.15, 0.2) is 58.5 Å². The fourth-order valence-electron chi connectivity index (χ4n) is 4.28. The average Bonchev–Trinajstić information content (AvgIpc) is 2.87. The number of hydrogen-bond donors (Lipinski definition) is 1. The average molecular weight is 494 g/mol. The quantitative estimate of drug-likeness (QED) is 0.220. The Kier molecular flexibility index (Phi) is 7.65. The lowest BCUT2D eigenvalue weighted by Crippen LogP contribution is -2.60. The lowest BCUT2D eigenvalue weighted by Gasteiger charge is -2.31. The minimum absolute atomic E-state index is 0.187. The first-order chi connectivity index (χ1) is 17.0. The molecule has 3 aromatic rings. The van der Waals surface area contributed by atoms with Gasteiger partial charge < -0.3 is 4.74 Å². The molecule has 0 radical (unpaired) electrons. The van der Waals surface area contributed by atoms with Crippen LogP contribution in [0.2, 0.25) is 0 Å². The van der Waals surface area contributed by atoms with Crippen molar-refractivity contribution in [3.8, 4) is 11.3 Å². The number of aromatic amines is 1. The Balaban J connectivity index is 1.83. The topological polar surface area (TPSA) is 96.2 Å². The maximum Gasteiger partial charge on any atom is 0.337 e. The van der Waals surface area contributed by atoms with Crippen LogP contribution in [0.1, 0.15) is 61.6 Å². The molecule has 9 heteroatoms. The van der Waals surface area contributed by atoms with Crippen molar-refractivity contribution < 1.29 is 19.0 Å². The Hall–Kier alpha value is -3.46. The van der Waals surface area contributed by atoms with E-state index in [1.54, 1.807) is 33.8 Å². The van der Waals surface area contributed by atoms with Gasteiger partial charge in [-0.05, 0) is 47.5 Å². The molecule has 4 rings (SSSR count). The number of esters is 1. The number of carbonyl (C=O) groups excluding carboxylic acids is 2. The summed E-state index contributed by atoms with van der Waals surface area (Å²) in [5.41, 5.74) is 2.51. The van der Waals surface area contributed by atoms with E-state index in [1.807, 2.05) is 24.3 Å². The molecule has 0 saturated heterocycles. The second-order valence-corrected chi connectivity index (χ2v) is 9.44. The van der Waals surface area contributed by atoms with Gasteiger partial charge in [0.15, 0.2) is 0 Å². The van der Waals surface area contributed by atoms with Gasteiger partial charge in [-0.15, -0.1) is 0 Å². The lowest BCUT2D eigenvalue weighted by molar-refractivity contribution is -0.763. The molecule has 1 aliphatic heterocycles. The van der Waals surface area contributed by atoms with E-state index in [0.29, 0.717) is 33.2 Å². The Labute approximate surface area is 208 Å². The van der Waals surface area contributed by atoms with Crippen molar-refractivity contribution in [2.75, 3.05) is 17.8 Å². The molecule has 1 atom stereocenters. The number of anilines is 1. The van der Waals surface area contributed by atoms with Gasteiger partial charge in [0.25, 0.3) is 6.17 Å². The summed E-state index contributed by atoms with van der Waals surface area (Å²) in [5.74, 6) is 0.209. The Morgan fingerprint density at radius 1 is 1.11 bits per heavy atom. The molecule has 0 aliphatic carbocycles. The van der Waals surface area contributed by atoms with E-state index < -0.39 is 12.1 Å². The van der Waals surface area contributed by atoms with Crippen LogP contribution in [-0.4, -0.2) is 34.8 Å². The van der Waals surface area contributed by atoms with Crippen molar-refractivity contribution in [2.24, 2.45) is 0 Å². The maximum atomic E-state index is 13.3. The van der Waals surface area contributed by atoms with Gasteiger partial charge in [-0.3, -0.25) is 14.6 Å². The lowest BCUT2D eigenvalue weighted by atomic mass is 10.0. The molecule has 0 fully saturated rings. The van der Waals surface area contributed by atoms with Crippen molar-refractivity contribution >= 4 is 29.3 Å². The van der Waals surface area contributed by atoms with Crippen LogP contribution in [0.4, 0.5) is 5.69 Å². The van der Waals surface area contributed by atoms with Gasteiger partial charge in [-0.25, -0.2) is 9.69 Å². The van der Waals surface area contributed by atoms with Crippen LogP contribution in [0, 0.1) is 0 Å². The van der Waals surface area contributed by atoms with Crippen LogP contribution in [0.5, 0.6) is 0 Å². The summed E-state index contributed by atoms with van der Waals surface area (Å²) in [5, 5.41) is 5.30. The number of H-pyrrole nitrogens is 1. The molecule has 35 heavy (non-hydrogen) atoms. The largest absolute Gasteiger partial charge is 0.465 e. The van der Waals surface area contributed by atoms with Crippen molar-refractivity contribution in [1.29, 1.82) is 0 Å². The third kappa shape index (κ3) is 5.00. The van der Waals surface area contributed by atoms with Gasteiger partial charge >= 0.3 is 17.2 Å². The predicted octanol–water partition coefficient (Wildman–Crippen LogP) is 4.10. The molecule has 2 heterocycles. The maximum absolute atomic E-state index is 13.3. The highest BCUT2D eigenvalue weighted by Crippen LogP contribution is 2.37. The fraction of sp³-hybridized carbons (Fsp3) is 0.346. The van der Waals surface area contributed by atoms with Crippen LogP contribution >= 0.6 is 11.8 Å². The molecule has 1 aromatic heterocycles. The second-order valence-electron chi connectivity index (χ2n) is 8.36. The summed E-state index contributed by atoms with van der Waals surface area (Å²) < 4.78 is 6.44. The van der Waals surface area contributed by atoms with E-state index in [9.17, 15) is 14.4 Å². The standard InChI is InChI=1S/C26H28N4O4S/c1-4-5-6-9-16-35-26-27-23(32)22-20-10-7-8-11-21(20)29(17(2)31)24(30(22)28-26)18-12-14-19(15-13-18)25(33)34-3/h7-8,10-15,24H,4-6,9,16H2,1-3H3/p+1/t24-/m1/s1. The first-order valence-corrected chi connectivity index (χ1v) is 12.7. The van der Waals surface area contributed by atoms with Crippen LogP contribution < -0.4 is 15.1 Å². The summed E-state index contributed by atoms with van der Waals surface area (Å²) in [4.78, 5) is 42.8. The summed E-state index contributed by atoms with van der Waals surface area (Å²) in [6.45, 7) is 3.66. The van der Waals surface area contributed by atoms with Crippen molar-refractivity contribution in [3.05, 3.63) is 70.0 Å². The SMILES string of the molecule is CCCCCCSc1n[n+]2c(c(=O)[nH]1)-c1ccccc1N(C(C)=O)[C@H]2c1ccc(C(=O)OC)cc1. The van der Waals surface area contributed by atoms with Crippen molar-refractivity contribution in [2.45, 2.75) is 50.9 Å². The molecule has 1 amide bonds. The Morgan fingerprint density at radius 2 is 1.86 bits per heavy atom. The molecule has 1 aliphatic rings. The molecule has 182 valence electrons. The van der Waals surface area contributed by atoms with Crippen LogP contribution in [0.3, 0.4) is 0 Å². The predicted molar refractivity (Wildman–Crippen MR) is 134 cm³/mol. The fourth-order valence-corrected chi connectivity index (χ4v) is 5.14. The number of nitrogens with zero attached hydrogens (tertiary/aromatic N) is 3. The third-order valence-corrected chi connectivity index (χ3v) is 6.91. The number of nitrogens with one attached hydrogen (secondary N) is 1. The van der Waals surface area contributed by atoms with Gasteiger partial charge in [-0.2, -0.15) is 0 Å². The molecule has 0 saturated carbocycles. The molecule has 0 bridgehead atoms. The zero-order chi connectivity index (χ0) is 24.9. The molecular weight excluding hydrogens is 464 g/mol. The summed E-state index contributed by atoms with van der Waals surface area (Å²) in [6.07, 6.45) is 3.81. The van der Waals surface area contributed by atoms with E-state index in [4.69, 9.17) is 9.84 Å². The van der Waals surface area contributed by atoms with Gasteiger partial charge in [-0.1, -0.05) is 50.1 Å². The number of unbranched alkanes of at least 4 members (excludes halogenated alkanes) is 3. The Bertz CT molecular complexity index is 1290. The molecule has 0 unspecified atom stereocenters. The van der Waals surface area contributed by atoms with Crippen LogP contribution in [0.25, 0.3) is 11.3 Å². The number of ether oxygens (including phenoxy) is 1. The highest BCUT2D eigenvalue weighted by molar-refractivity contribution is 7.99. The zero-order valence-electron chi connectivity index (χ0n) is 20.1. The molecule has 1 N–H and O–H groups in total. The first kappa shape index (κ1) is 24.7. The van der Waals surface area contributed by atoms with Gasteiger partial charge in [0.05, 0.1) is 23.9 Å². The minimum atomic E-state index is -0.689. The highest BCUT2D eigenvalue weighted by Gasteiger charge is 2.44. The number of hydrogen-bond acceptors (Lipinski definition) is 6. The second kappa shape index (κ2) is 10.9. The molecular formula is C26H29N4O4S+. The van der Waals surface area contributed by atoms with E-state index in [2.05, 4.69) is 11.9 Å². The smallest absolute Gasteiger partial charge is 0.337 e. The third-order valence-electron chi connectivity index (χ3n) is 5.96. The van der Waals surface area contributed by atoms with E-state index >= 15 is 0 Å². The van der Waals surface area contributed by atoms with E-state index in [1.165, 1.54) is 32.2 Å². The number of carbonyl (C=O) groups is 2. The zero-order valence-corrected chi connectivity index (χ0v) is 20.9. The minimum Gasteiger partial charge on any atom is -0.465 e.